The fourth-order valence-corrected chi connectivity index (χ4v) is 2.55. The molecule has 0 unspecified atom stereocenters. The lowest BCUT2D eigenvalue weighted by Crippen LogP contribution is -2.44. The van der Waals surface area contributed by atoms with Crippen molar-refractivity contribution in [1.82, 2.24) is 10.2 Å². The predicted octanol–water partition coefficient (Wildman–Crippen LogP) is 0.854. The molecule has 80 valence electrons. The van der Waals surface area contributed by atoms with E-state index in [2.05, 4.69) is 17.1 Å². The molecule has 2 heterocycles. The summed E-state index contributed by atoms with van der Waals surface area (Å²) < 4.78 is 0. The average Bonchev–Trinajstić information content (AvgIpc) is 2.70. The third kappa shape index (κ3) is 1.92. The number of carbonyl (C=O) groups is 1. The van der Waals surface area contributed by atoms with Gasteiger partial charge < -0.3 is 10.2 Å². The van der Waals surface area contributed by atoms with Crippen LogP contribution in [0.1, 0.15) is 26.2 Å². The van der Waals surface area contributed by atoms with Crippen LogP contribution < -0.4 is 5.32 Å². The number of amides is 1. The molecule has 1 amide bonds. The Bertz CT molecular complexity index is 211. The number of carbonyl (C=O) groups excluding carboxylic acids is 1. The minimum atomic E-state index is 0.286. The molecule has 0 aromatic rings. The van der Waals surface area contributed by atoms with Gasteiger partial charge in [-0.05, 0) is 38.3 Å². The molecule has 1 N–H and O–H groups in total. The third-order valence-corrected chi connectivity index (χ3v) is 3.52. The molecule has 2 aliphatic heterocycles. The summed E-state index contributed by atoms with van der Waals surface area (Å²) in [5, 5.41) is 3.34. The van der Waals surface area contributed by atoms with E-state index in [9.17, 15) is 4.79 Å². The van der Waals surface area contributed by atoms with Crippen molar-refractivity contribution in [1.29, 1.82) is 0 Å². The molecular formula is C11H20N2O. The summed E-state index contributed by atoms with van der Waals surface area (Å²) in [5.74, 6) is 1.21. The zero-order valence-corrected chi connectivity index (χ0v) is 8.96. The predicted molar refractivity (Wildman–Crippen MR) is 56.0 cm³/mol. The fraction of sp³-hybridized carbons (Fsp3) is 0.909. The number of hydrogen-bond acceptors (Lipinski definition) is 2. The zero-order chi connectivity index (χ0) is 9.97. The van der Waals surface area contributed by atoms with E-state index in [1.54, 1.807) is 0 Å². The summed E-state index contributed by atoms with van der Waals surface area (Å²) in [7, 11) is 0. The number of nitrogens with zero attached hydrogens (tertiary/aromatic N) is 1. The maximum atomic E-state index is 12.1. The summed E-state index contributed by atoms with van der Waals surface area (Å²) in [6.45, 7) is 6.19. The molecule has 0 aliphatic carbocycles. The summed E-state index contributed by atoms with van der Waals surface area (Å²) in [6, 6.07) is 0. The number of piperidine rings is 1. The summed E-state index contributed by atoms with van der Waals surface area (Å²) >= 11 is 0. The molecule has 2 fully saturated rings. The van der Waals surface area contributed by atoms with Gasteiger partial charge in [-0.3, -0.25) is 4.79 Å². The number of likely N-dealkylation sites (tertiary alicyclic amines) is 1. The van der Waals surface area contributed by atoms with Gasteiger partial charge in [0, 0.05) is 19.0 Å². The van der Waals surface area contributed by atoms with Crippen LogP contribution in [0.5, 0.6) is 0 Å². The molecule has 2 saturated heterocycles. The van der Waals surface area contributed by atoms with Crippen molar-refractivity contribution in [2.24, 2.45) is 11.8 Å². The largest absolute Gasteiger partial charge is 0.342 e. The van der Waals surface area contributed by atoms with Crippen LogP contribution in [-0.4, -0.2) is 37.0 Å². The van der Waals surface area contributed by atoms with Crippen molar-refractivity contribution in [3.63, 3.8) is 0 Å². The second-order valence-electron chi connectivity index (χ2n) is 4.61. The maximum Gasteiger partial charge on any atom is 0.226 e. The van der Waals surface area contributed by atoms with Crippen molar-refractivity contribution in [3.05, 3.63) is 0 Å². The highest BCUT2D eigenvalue weighted by molar-refractivity contribution is 5.79. The van der Waals surface area contributed by atoms with Gasteiger partial charge in [0.15, 0.2) is 0 Å². The first-order chi connectivity index (χ1) is 6.79. The molecule has 0 aromatic heterocycles. The topological polar surface area (TPSA) is 32.3 Å². The van der Waals surface area contributed by atoms with Crippen LogP contribution >= 0.6 is 0 Å². The van der Waals surface area contributed by atoms with E-state index in [1.165, 1.54) is 12.8 Å². The quantitative estimate of drug-likeness (QED) is 0.674. The monoisotopic (exact) mass is 196 g/mol. The van der Waals surface area contributed by atoms with Crippen molar-refractivity contribution in [2.45, 2.75) is 26.2 Å². The molecule has 0 aromatic carbocycles. The number of nitrogens with one attached hydrogen (secondary N) is 1. The molecule has 0 bridgehead atoms. The van der Waals surface area contributed by atoms with Crippen LogP contribution in [0.4, 0.5) is 0 Å². The van der Waals surface area contributed by atoms with Crippen LogP contribution in [0, 0.1) is 11.8 Å². The lowest BCUT2D eigenvalue weighted by Gasteiger charge is -2.31. The van der Waals surface area contributed by atoms with Gasteiger partial charge >= 0.3 is 0 Å². The normalized spacial score (nSPS) is 33.4. The van der Waals surface area contributed by atoms with E-state index in [0.717, 1.165) is 32.6 Å². The summed E-state index contributed by atoms with van der Waals surface area (Å²) in [6.07, 6.45) is 3.42. The van der Waals surface area contributed by atoms with E-state index in [4.69, 9.17) is 0 Å². The highest BCUT2D eigenvalue weighted by Crippen LogP contribution is 2.23. The molecule has 14 heavy (non-hydrogen) atoms. The maximum absolute atomic E-state index is 12.1. The smallest absolute Gasteiger partial charge is 0.226 e. The van der Waals surface area contributed by atoms with Gasteiger partial charge in [-0.1, -0.05) is 6.92 Å². The van der Waals surface area contributed by atoms with Crippen LogP contribution in [-0.2, 0) is 4.79 Å². The standard InChI is InChI=1S/C11H20N2O/c1-9-8-12-5-4-10(9)11(14)13-6-2-3-7-13/h9-10,12H,2-8H2,1H3/t9-,10+/m0/s1. The molecular weight excluding hydrogens is 176 g/mol. The van der Waals surface area contributed by atoms with Crippen LogP contribution in [0.2, 0.25) is 0 Å². The first-order valence-electron chi connectivity index (χ1n) is 5.78. The first kappa shape index (κ1) is 9.97. The molecule has 2 aliphatic rings. The molecule has 3 heteroatoms. The molecule has 2 atom stereocenters. The van der Waals surface area contributed by atoms with E-state index < -0.39 is 0 Å². The summed E-state index contributed by atoms with van der Waals surface area (Å²) in [4.78, 5) is 14.2. The van der Waals surface area contributed by atoms with Crippen molar-refractivity contribution in [3.8, 4) is 0 Å². The lowest BCUT2D eigenvalue weighted by atomic mass is 9.87. The summed E-state index contributed by atoms with van der Waals surface area (Å²) in [5.41, 5.74) is 0. The van der Waals surface area contributed by atoms with Crippen LogP contribution in [0.25, 0.3) is 0 Å². The third-order valence-electron chi connectivity index (χ3n) is 3.52. The van der Waals surface area contributed by atoms with Crippen LogP contribution in [0.15, 0.2) is 0 Å². The van der Waals surface area contributed by atoms with Crippen molar-refractivity contribution in [2.75, 3.05) is 26.2 Å². The average molecular weight is 196 g/mol. The van der Waals surface area contributed by atoms with Gasteiger partial charge in [0.1, 0.15) is 0 Å². The highest BCUT2D eigenvalue weighted by Gasteiger charge is 2.31. The Balaban J connectivity index is 1.94. The number of rotatable bonds is 1. The minimum absolute atomic E-state index is 0.286. The Hall–Kier alpha value is -0.570. The van der Waals surface area contributed by atoms with Gasteiger partial charge in [-0.2, -0.15) is 0 Å². The van der Waals surface area contributed by atoms with E-state index >= 15 is 0 Å². The minimum Gasteiger partial charge on any atom is -0.342 e. The Morgan fingerprint density at radius 2 is 2.07 bits per heavy atom. The van der Waals surface area contributed by atoms with Gasteiger partial charge in [0.2, 0.25) is 5.91 Å². The van der Waals surface area contributed by atoms with E-state index in [1.807, 2.05) is 0 Å². The Labute approximate surface area is 85.8 Å². The first-order valence-corrected chi connectivity index (χ1v) is 5.78. The molecule has 0 saturated carbocycles. The van der Waals surface area contributed by atoms with E-state index in [0.29, 0.717) is 11.8 Å². The highest BCUT2D eigenvalue weighted by atomic mass is 16.2. The molecule has 2 rings (SSSR count). The molecule has 0 radical (unpaired) electrons. The van der Waals surface area contributed by atoms with Gasteiger partial charge in [-0.15, -0.1) is 0 Å². The van der Waals surface area contributed by atoms with Gasteiger partial charge in [0.05, 0.1) is 0 Å². The second kappa shape index (κ2) is 4.30. The number of hydrogen-bond donors (Lipinski definition) is 1. The zero-order valence-electron chi connectivity index (χ0n) is 8.96. The second-order valence-corrected chi connectivity index (χ2v) is 4.61. The lowest BCUT2D eigenvalue weighted by molar-refractivity contribution is -0.136. The van der Waals surface area contributed by atoms with E-state index in [-0.39, 0.29) is 5.92 Å². The Kier molecular flexibility index (Phi) is 3.06. The molecule has 0 spiro atoms. The van der Waals surface area contributed by atoms with Gasteiger partial charge in [-0.25, -0.2) is 0 Å². The van der Waals surface area contributed by atoms with Crippen molar-refractivity contribution < 1.29 is 4.79 Å². The molecule has 3 nitrogen and oxygen atoms in total. The van der Waals surface area contributed by atoms with Crippen LogP contribution in [0.3, 0.4) is 0 Å². The van der Waals surface area contributed by atoms with Crippen molar-refractivity contribution >= 4 is 5.91 Å². The SMILES string of the molecule is C[C@H]1CNCC[C@H]1C(=O)N1CCCC1. The Morgan fingerprint density at radius 3 is 2.71 bits per heavy atom. The Morgan fingerprint density at radius 1 is 1.36 bits per heavy atom. The van der Waals surface area contributed by atoms with Gasteiger partial charge in [0.25, 0.3) is 0 Å². The fourth-order valence-electron chi connectivity index (χ4n) is 2.55.